The van der Waals surface area contributed by atoms with Crippen LogP contribution in [-0.2, 0) is 36.8 Å². The Labute approximate surface area is 269 Å². The van der Waals surface area contributed by atoms with Crippen molar-refractivity contribution < 1.29 is 34.2 Å². The van der Waals surface area contributed by atoms with Crippen LogP contribution in [0, 0.1) is 0 Å². The number of H-pyrrole nitrogens is 2. The highest BCUT2D eigenvalue weighted by Gasteiger charge is 2.31. The fourth-order valence-corrected chi connectivity index (χ4v) is 5.68. The summed E-state index contributed by atoms with van der Waals surface area (Å²) in [6.45, 7) is 0. The molecule has 46 heavy (non-hydrogen) atoms. The molecule has 4 atom stereocenters. The van der Waals surface area contributed by atoms with Crippen molar-refractivity contribution in [1.82, 2.24) is 25.9 Å². The number of fused-ring (bicyclic) bond motifs is 2. The van der Waals surface area contributed by atoms with Gasteiger partial charge in [0.1, 0.15) is 18.1 Å². The smallest absolute Gasteiger partial charge is 0.326 e. The zero-order valence-corrected chi connectivity index (χ0v) is 26.1. The maximum atomic E-state index is 13.8. The lowest BCUT2D eigenvalue weighted by Gasteiger charge is -2.25. The maximum Gasteiger partial charge on any atom is 0.326 e. The van der Waals surface area contributed by atoms with Gasteiger partial charge < -0.3 is 41.9 Å². The highest BCUT2D eigenvalue weighted by molar-refractivity contribution is 7.98. The minimum atomic E-state index is -1.37. The van der Waals surface area contributed by atoms with Crippen LogP contribution >= 0.6 is 11.8 Å². The number of aromatic nitrogens is 2. The van der Waals surface area contributed by atoms with Crippen LogP contribution in [0.2, 0.25) is 0 Å². The van der Waals surface area contributed by atoms with Gasteiger partial charge in [-0.2, -0.15) is 11.8 Å². The highest BCUT2D eigenvalue weighted by Crippen LogP contribution is 2.21. The number of benzene rings is 2. The number of hydrogen-bond donors (Lipinski definition) is 8. The summed E-state index contributed by atoms with van der Waals surface area (Å²) < 4.78 is 0. The Kier molecular flexibility index (Phi) is 11.8. The van der Waals surface area contributed by atoms with Crippen molar-refractivity contribution >= 4 is 63.2 Å². The van der Waals surface area contributed by atoms with Crippen LogP contribution in [0.5, 0.6) is 0 Å². The fraction of sp³-hybridized carbons (Fsp3) is 0.344. The molecule has 244 valence electrons. The number of amides is 3. The summed E-state index contributed by atoms with van der Waals surface area (Å²) in [5.74, 6) is -4.17. The van der Waals surface area contributed by atoms with Crippen molar-refractivity contribution in [3.8, 4) is 0 Å². The van der Waals surface area contributed by atoms with E-state index in [-0.39, 0.29) is 25.7 Å². The Bertz CT molecular complexity index is 1700. The second kappa shape index (κ2) is 16.0. The topological polar surface area (TPSA) is 219 Å². The van der Waals surface area contributed by atoms with Gasteiger partial charge in [0.15, 0.2) is 0 Å². The number of aromatic amines is 2. The van der Waals surface area contributed by atoms with Crippen LogP contribution in [0.4, 0.5) is 0 Å². The van der Waals surface area contributed by atoms with Crippen LogP contribution in [0.25, 0.3) is 21.8 Å². The van der Waals surface area contributed by atoms with Gasteiger partial charge in [-0.25, -0.2) is 4.79 Å². The molecule has 2 aromatic heterocycles. The van der Waals surface area contributed by atoms with E-state index in [1.165, 1.54) is 11.8 Å². The molecule has 0 aliphatic rings. The Morgan fingerprint density at radius 3 is 1.83 bits per heavy atom. The zero-order chi connectivity index (χ0) is 33.2. The minimum Gasteiger partial charge on any atom is -0.481 e. The van der Waals surface area contributed by atoms with E-state index < -0.39 is 60.2 Å². The van der Waals surface area contributed by atoms with Crippen LogP contribution in [0.15, 0.2) is 60.9 Å². The van der Waals surface area contributed by atoms with E-state index in [1.807, 2.05) is 48.5 Å². The number of para-hydroxylation sites is 2. The number of carboxylic acid groups (broad SMARTS) is 2. The molecule has 0 aliphatic carbocycles. The van der Waals surface area contributed by atoms with E-state index >= 15 is 0 Å². The van der Waals surface area contributed by atoms with Crippen molar-refractivity contribution in [3.05, 3.63) is 72.1 Å². The quantitative estimate of drug-likeness (QED) is 0.0835. The lowest BCUT2D eigenvalue weighted by atomic mass is 10.0. The lowest BCUT2D eigenvalue weighted by Crippen LogP contribution is -2.57. The first kappa shape index (κ1) is 34.1. The van der Waals surface area contributed by atoms with E-state index in [2.05, 4.69) is 25.9 Å². The second-order valence-corrected chi connectivity index (χ2v) is 12.0. The molecule has 2 heterocycles. The maximum absolute atomic E-state index is 13.8. The first-order chi connectivity index (χ1) is 22.1. The van der Waals surface area contributed by atoms with E-state index in [1.54, 1.807) is 18.6 Å². The Morgan fingerprint density at radius 2 is 1.26 bits per heavy atom. The number of rotatable bonds is 17. The molecule has 0 saturated carbocycles. The molecule has 2 aromatic carbocycles. The average Bonchev–Trinajstić information content (AvgIpc) is 3.64. The molecule has 4 unspecified atom stereocenters. The predicted molar refractivity (Wildman–Crippen MR) is 175 cm³/mol. The summed E-state index contributed by atoms with van der Waals surface area (Å²) in [6.07, 6.45) is 4.89. The summed E-state index contributed by atoms with van der Waals surface area (Å²) in [5.41, 5.74) is 9.58. The van der Waals surface area contributed by atoms with Gasteiger partial charge in [0.25, 0.3) is 0 Å². The number of carboxylic acids is 2. The molecule has 4 aromatic rings. The van der Waals surface area contributed by atoms with Gasteiger partial charge in [0.2, 0.25) is 17.7 Å². The van der Waals surface area contributed by atoms with Gasteiger partial charge >= 0.3 is 11.9 Å². The molecular weight excluding hydrogens is 612 g/mol. The monoisotopic (exact) mass is 650 g/mol. The second-order valence-electron chi connectivity index (χ2n) is 11.0. The normalized spacial score (nSPS) is 13.9. The van der Waals surface area contributed by atoms with E-state index in [4.69, 9.17) is 5.73 Å². The molecule has 0 bridgehead atoms. The summed E-state index contributed by atoms with van der Waals surface area (Å²) in [5, 5.41) is 28.3. The van der Waals surface area contributed by atoms with Crippen molar-refractivity contribution in [2.45, 2.75) is 56.3 Å². The van der Waals surface area contributed by atoms with Crippen molar-refractivity contribution in [2.75, 3.05) is 12.0 Å². The van der Waals surface area contributed by atoms with E-state index in [9.17, 15) is 34.2 Å². The molecule has 9 N–H and O–H groups in total. The Hall–Kier alpha value is -4.82. The van der Waals surface area contributed by atoms with Gasteiger partial charge in [-0.3, -0.25) is 19.2 Å². The largest absolute Gasteiger partial charge is 0.481 e. The zero-order valence-electron chi connectivity index (χ0n) is 25.2. The number of nitrogens with one attached hydrogen (secondary N) is 5. The highest BCUT2D eigenvalue weighted by atomic mass is 32.2. The third kappa shape index (κ3) is 8.88. The van der Waals surface area contributed by atoms with Gasteiger partial charge in [0.05, 0.1) is 6.04 Å². The molecule has 0 fully saturated rings. The van der Waals surface area contributed by atoms with E-state index in [0.717, 1.165) is 32.9 Å². The third-order valence-electron chi connectivity index (χ3n) is 7.69. The first-order valence-corrected chi connectivity index (χ1v) is 16.2. The van der Waals surface area contributed by atoms with Crippen LogP contribution in [-0.4, -0.2) is 86.0 Å². The number of thioether (sulfide) groups is 1. The summed E-state index contributed by atoms with van der Waals surface area (Å²) >= 11 is 1.41. The molecule has 0 spiro atoms. The molecule has 3 amide bonds. The number of carbonyl (C=O) groups is 5. The Balaban J connectivity index is 1.55. The first-order valence-electron chi connectivity index (χ1n) is 14.8. The molecule has 14 heteroatoms. The van der Waals surface area contributed by atoms with Crippen molar-refractivity contribution in [2.24, 2.45) is 5.73 Å². The molecule has 13 nitrogen and oxygen atoms in total. The standard InChI is InChI=1S/C32H38N6O7S/c1-46-13-12-26(32(44)45)37-30(42)25(10-11-28(39)40)36-31(43)27(15-19-17-35-24-9-5-3-7-21(19)24)38-29(41)22(33)14-18-16-34-23-8-4-2-6-20(18)23/h2-9,16-17,22,25-27,34-35H,10-15,33H2,1H3,(H,36,43)(H,37,42)(H,38,41)(H,39,40)(H,44,45). The molecule has 0 aliphatic heterocycles. The van der Waals surface area contributed by atoms with Crippen LogP contribution in [0.1, 0.15) is 30.4 Å². The fourth-order valence-electron chi connectivity index (χ4n) is 5.21. The van der Waals surface area contributed by atoms with Crippen molar-refractivity contribution in [1.29, 1.82) is 0 Å². The minimum absolute atomic E-state index is 0.0279. The van der Waals surface area contributed by atoms with E-state index in [0.29, 0.717) is 5.75 Å². The number of hydrogen-bond acceptors (Lipinski definition) is 7. The summed E-state index contributed by atoms with van der Waals surface area (Å²) in [4.78, 5) is 69.8. The van der Waals surface area contributed by atoms with Crippen LogP contribution < -0.4 is 21.7 Å². The average molecular weight is 651 g/mol. The number of carbonyl (C=O) groups excluding carboxylic acids is 3. The SMILES string of the molecule is CSCCC(NC(=O)C(CCC(=O)O)NC(=O)C(Cc1c[nH]c2ccccc12)NC(=O)C(N)Cc1c[nH]c2ccccc12)C(=O)O. The number of nitrogens with two attached hydrogens (primary N) is 1. The molecular formula is C32H38N6O7S. The Morgan fingerprint density at radius 1 is 0.739 bits per heavy atom. The van der Waals surface area contributed by atoms with Gasteiger partial charge in [-0.05, 0) is 54.5 Å². The van der Waals surface area contributed by atoms with Gasteiger partial charge in [0, 0.05) is 47.0 Å². The number of aliphatic carboxylic acids is 2. The van der Waals surface area contributed by atoms with Crippen molar-refractivity contribution in [3.63, 3.8) is 0 Å². The molecule has 4 rings (SSSR count). The predicted octanol–water partition coefficient (Wildman–Crippen LogP) is 1.92. The lowest BCUT2D eigenvalue weighted by molar-refractivity contribution is -0.143. The van der Waals surface area contributed by atoms with Gasteiger partial charge in [-0.15, -0.1) is 0 Å². The summed E-state index contributed by atoms with van der Waals surface area (Å²) in [7, 11) is 0. The summed E-state index contributed by atoms with van der Waals surface area (Å²) in [6, 6.07) is 10.2. The van der Waals surface area contributed by atoms with Crippen LogP contribution in [0.3, 0.4) is 0 Å². The molecule has 0 radical (unpaired) electrons. The molecule has 0 saturated heterocycles. The van der Waals surface area contributed by atoms with Gasteiger partial charge in [-0.1, -0.05) is 36.4 Å². The third-order valence-corrected chi connectivity index (χ3v) is 8.33.